The van der Waals surface area contributed by atoms with Gasteiger partial charge in [-0.2, -0.15) is 5.10 Å². The van der Waals surface area contributed by atoms with E-state index in [-0.39, 0.29) is 16.9 Å². The number of aromatic nitrogens is 3. The molecule has 0 radical (unpaired) electrons. The molecule has 0 atom stereocenters. The molecule has 0 saturated carbocycles. The fourth-order valence-corrected chi connectivity index (χ4v) is 2.03. The van der Waals surface area contributed by atoms with Crippen LogP contribution >= 0.6 is 0 Å². The first-order chi connectivity index (χ1) is 10.1. The number of hydrogen-bond donors (Lipinski definition) is 2. The highest BCUT2D eigenvalue weighted by Gasteiger charge is 2.19. The number of nitrogens with two attached hydrogens (primary N) is 1. The first-order valence-electron chi connectivity index (χ1n) is 5.97. The largest absolute Gasteiger partial charge is 0.382 e. The summed E-state index contributed by atoms with van der Waals surface area (Å²) in [4.78, 5) is 3.90. The van der Waals surface area contributed by atoms with Crippen molar-refractivity contribution in [3.8, 4) is 22.5 Å². The molecule has 0 aliphatic heterocycles. The molecule has 3 aromatic rings. The average molecular weight is 290 g/mol. The summed E-state index contributed by atoms with van der Waals surface area (Å²) in [6, 6.07) is 5.76. The van der Waals surface area contributed by atoms with Crippen LogP contribution in [0.15, 0.2) is 36.5 Å². The second-order valence-corrected chi connectivity index (χ2v) is 4.34. The molecule has 106 valence electrons. The van der Waals surface area contributed by atoms with Gasteiger partial charge >= 0.3 is 0 Å². The minimum absolute atomic E-state index is 0.0432. The van der Waals surface area contributed by atoms with Crippen molar-refractivity contribution in [3.05, 3.63) is 54.0 Å². The maximum atomic E-state index is 13.9. The molecular formula is C14H9F3N4. The molecule has 0 amide bonds. The molecule has 0 aliphatic carbocycles. The summed E-state index contributed by atoms with van der Waals surface area (Å²) < 4.78 is 39.9. The number of rotatable bonds is 2. The average Bonchev–Trinajstić information content (AvgIpc) is 2.82. The molecule has 0 unspecified atom stereocenters. The van der Waals surface area contributed by atoms with E-state index < -0.39 is 17.5 Å². The van der Waals surface area contributed by atoms with Crippen molar-refractivity contribution in [2.45, 2.75) is 0 Å². The molecule has 0 spiro atoms. The van der Waals surface area contributed by atoms with E-state index in [1.54, 1.807) is 0 Å². The zero-order valence-corrected chi connectivity index (χ0v) is 10.6. The van der Waals surface area contributed by atoms with Crippen molar-refractivity contribution in [3.63, 3.8) is 0 Å². The molecule has 2 heterocycles. The molecule has 0 saturated heterocycles. The summed E-state index contributed by atoms with van der Waals surface area (Å²) in [6.07, 6.45) is 1.02. The Morgan fingerprint density at radius 1 is 1.00 bits per heavy atom. The summed E-state index contributed by atoms with van der Waals surface area (Å²) >= 11 is 0. The van der Waals surface area contributed by atoms with E-state index in [4.69, 9.17) is 5.73 Å². The summed E-state index contributed by atoms with van der Waals surface area (Å²) in [5.41, 5.74) is 6.76. The smallest absolute Gasteiger partial charge is 0.153 e. The second-order valence-electron chi connectivity index (χ2n) is 4.34. The molecule has 7 heteroatoms. The Labute approximate surface area is 117 Å². The first-order valence-corrected chi connectivity index (χ1v) is 5.97. The number of nitrogens with one attached hydrogen (secondary N) is 1. The first kappa shape index (κ1) is 13.2. The number of nitrogen functional groups attached to an aromatic ring is 1. The maximum absolute atomic E-state index is 13.9. The van der Waals surface area contributed by atoms with E-state index >= 15 is 0 Å². The monoisotopic (exact) mass is 290 g/mol. The zero-order valence-electron chi connectivity index (χ0n) is 10.6. The van der Waals surface area contributed by atoms with Crippen LogP contribution in [0, 0.1) is 17.5 Å². The summed E-state index contributed by atoms with van der Waals surface area (Å²) in [5, 5.41) is 6.44. The predicted molar refractivity (Wildman–Crippen MR) is 71.5 cm³/mol. The Hall–Kier alpha value is -2.83. The van der Waals surface area contributed by atoms with Gasteiger partial charge in [-0.05, 0) is 24.3 Å². The number of aromatic amines is 1. The molecule has 0 fully saturated rings. The highest BCUT2D eigenvalue weighted by Crippen LogP contribution is 2.35. The Morgan fingerprint density at radius 2 is 1.76 bits per heavy atom. The number of H-pyrrole nitrogens is 1. The van der Waals surface area contributed by atoms with Crippen molar-refractivity contribution in [1.29, 1.82) is 0 Å². The van der Waals surface area contributed by atoms with E-state index in [0.717, 1.165) is 18.3 Å². The third kappa shape index (κ3) is 2.33. The van der Waals surface area contributed by atoms with Crippen LogP contribution in [0.3, 0.4) is 0 Å². The van der Waals surface area contributed by atoms with Gasteiger partial charge in [-0.15, -0.1) is 0 Å². The van der Waals surface area contributed by atoms with Crippen LogP contribution in [0.25, 0.3) is 22.5 Å². The third-order valence-corrected chi connectivity index (χ3v) is 2.98. The number of hydrogen-bond acceptors (Lipinski definition) is 3. The van der Waals surface area contributed by atoms with Crippen molar-refractivity contribution in [2.24, 2.45) is 0 Å². The van der Waals surface area contributed by atoms with Gasteiger partial charge in [0.2, 0.25) is 0 Å². The van der Waals surface area contributed by atoms with Crippen LogP contribution in [0.2, 0.25) is 0 Å². The van der Waals surface area contributed by atoms with E-state index in [1.807, 2.05) is 0 Å². The topological polar surface area (TPSA) is 67.6 Å². The normalized spacial score (nSPS) is 10.8. The molecule has 3 rings (SSSR count). The fraction of sp³-hybridized carbons (Fsp3) is 0. The van der Waals surface area contributed by atoms with Gasteiger partial charge in [0.25, 0.3) is 0 Å². The predicted octanol–water partition coefficient (Wildman–Crippen LogP) is 3.14. The van der Waals surface area contributed by atoms with Gasteiger partial charge in [-0.3, -0.25) is 10.1 Å². The summed E-state index contributed by atoms with van der Waals surface area (Å²) in [6.45, 7) is 0. The Morgan fingerprint density at radius 3 is 2.43 bits per heavy atom. The van der Waals surface area contributed by atoms with Crippen LogP contribution < -0.4 is 5.73 Å². The van der Waals surface area contributed by atoms with E-state index in [1.165, 1.54) is 18.2 Å². The molecular weight excluding hydrogens is 281 g/mol. The fourth-order valence-electron chi connectivity index (χ4n) is 2.03. The lowest BCUT2D eigenvalue weighted by molar-refractivity contribution is 0.585. The van der Waals surface area contributed by atoms with Crippen LogP contribution in [0.1, 0.15) is 0 Å². The van der Waals surface area contributed by atoms with Crippen LogP contribution in [-0.4, -0.2) is 15.2 Å². The zero-order chi connectivity index (χ0) is 15.0. The molecule has 1 aromatic carbocycles. The Kier molecular flexibility index (Phi) is 3.09. The van der Waals surface area contributed by atoms with Crippen LogP contribution in [0.5, 0.6) is 0 Å². The third-order valence-electron chi connectivity index (χ3n) is 2.98. The summed E-state index contributed by atoms with van der Waals surface area (Å²) in [7, 11) is 0. The number of pyridine rings is 1. The van der Waals surface area contributed by atoms with Gasteiger partial charge in [0, 0.05) is 11.6 Å². The lowest BCUT2D eigenvalue weighted by Gasteiger charge is -2.05. The highest BCUT2D eigenvalue weighted by atomic mass is 19.1. The molecule has 4 nitrogen and oxygen atoms in total. The molecule has 2 aromatic heterocycles. The lowest BCUT2D eigenvalue weighted by Crippen LogP contribution is -1.93. The molecule has 21 heavy (non-hydrogen) atoms. The quantitative estimate of drug-likeness (QED) is 0.762. The van der Waals surface area contributed by atoms with Crippen molar-refractivity contribution in [1.82, 2.24) is 15.2 Å². The van der Waals surface area contributed by atoms with E-state index in [9.17, 15) is 13.2 Å². The van der Waals surface area contributed by atoms with Crippen LogP contribution in [-0.2, 0) is 0 Å². The Balaban J connectivity index is 2.19. The summed E-state index contributed by atoms with van der Waals surface area (Å²) in [5.74, 6) is -1.92. The van der Waals surface area contributed by atoms with E-state index in [2.05, 4.69) is 15.2 Å². The van der Waals surface area contributed by atoms with Gasteiger partial charge < -0.3 is 5.73 Å². The van der Waals surface area contributed by atoms with Crippen LogP contribution in [0.4, 0.5) is 19.0 Å². The van der Waals surface area contributed by atoms with Gasteiger partial charge in [-0.1, -0.05) is 0 Å². The molecule has 3 N–H and O–H groups in total. The number of benzene rings is 1. The second kappa shape index (κ2) is 4.93. The van der Waals surface area contributed by atoms with Crippen molar-refractivity contribution < 1.29 is 13.2 Å². The lowest BCUT2D eigenvalue weighted by atomic mass is 10.0. The van der Waals surface area contributed by atoms with Gasteiger partial charge in [0.1, 0.15) is 17.5 Å². The molecule has 0 aliphatic rings. The number of anilines is 1. The van der Waals surface area contributed by atoms with Gasteiger partial charge in [0.05, 0.1) is 23.1 Å². The van der Waals surface area contributed by atoms with Crippen molar-refractivity contribution >= 4 is 5.82 Å². The number of nitrogens with zero attached hydrogens (tertiary/aromatic N) is 2. The number of halogens is 3. The standard InChI is InChI=1S/C14H9F3N4/c15-7-1-3-9(10(17)5-7)12-13(20-21-14(12)18)11-4-2-8(16)6-19-11/h1-6H,(H3,18,20,21). The van der Waals surface area contributed by atoms with Crippen molar-refractivity contribution in [2.75, 3.05) is 5.73 Å². The van der Waals surface area contributed by atoms with Gasteiger partial charge in [-0.25, -0.2) is 13.2 Å². The highest BCUT2D eigenvalue weighted by molar-refractivity contribution is 5.86. The minimum Gasteiger partial charge on any atom is -0.382 e. The SMILES string of the molecule is Nc1n[nH]c(-c2ccc(F)cn2)c1-c1ccc(F)cc1F. The van der Waals surface area contributed by atoms with E-state index in [0.29, 0.717) is 11.4 Å². The minimum atomic E-state index is -0.772. The maximum Gasteiger partial charge on any atom is 0.153 e. The van der Waals surface area contributed by atoms with Gasteiger partial charge in [0.15, 0.2) is 5.82 Å². The molecule has 0 bridgehead atoms. The Bertz CT molecular complexity index is 796.